The summed E-state index contributed by atoms with van der Waals surface area (Å²) in [6.07, 6.45) is 0. The van der Waals surface area contributed by atoms with Crippen molar-refractivity contribution in [3.8, 4) is 0 Å². The molecule has 0 unspecified atom stereocenters. The van der Waals surface area contributed by atoms with Crippen molar-refractivity contribution in [2.45, 2.75) is 4.90 Å². The second-order valence-electron chi connectivity index (χ2n) is 2.53. The SMILES string of the molecule is N=CI(CO)c1ccccc1S(=O)(=O)O. The van der Waals surface area contributed by atoms with Gasteiger partial charge in [0.25, 0.3) is 0 Å². The van der Waals surface area contributed by atoms with E-state index in [9.17, 15) is 8.42 Å². The van der Waals surface area contributed by atoms with Crippen LogP contribution in [0.15, 0.2) is 29.2 Å². The number of hydrogen-bond acceptors (Lipinski definition) is 4. The van der Waals surface area contributed by atoms with Crippen molar-refractivity contribution in [1.82, 2.24) is 0 Å². The van der Waals surface area contributed by atoms with Crippen molar-refractivity contribution in [2.75, 3.05) is 4.61 Å². The number of aliphatic hydroxyl groups excluding tert-OH is 1. The van der Waals surface area contributed by atoms with Gasteiger partial charge in [-0.25, -0.2) is 0 Å². The van der Waals surface area contributed by atoms with Crippen LogP contribution in [0.1, 0.15) is 0 Å². The Kier molecular flexibility index (Phi) is 4.20. The molecule has 0 amide bonds. The molecule has 0 fully saturated rings. The molecule has 0 aliphatic heterocycles. The summed E-state index contributed by atoms with van der Waals surface area (Å²) in [7, 11) is -4.27. The van der Waals surface area contributed by atoms with E-state index >= 15 is 0 Å². The Labute approximate surface area is 94.8 Å². The third kappa shape index (κ3) is 2.97. The Bertz CT molecular complexity index is 459. The molecule has 7 heteroatoms. The van der Waals surface area contributed by atoms with Gasteiger partial charge in [0.2, 0.25) is 0 Å². The van der Waals surface area contributed by atoms with Gasteiger partial charge in [-0.05, 0) is 0 Å². The maximum atomic E-state index is 11.0. The Morgan fingerprint density at radius 3 is 2.47 bits per heavy atom. The fourth-order valence-electron chi connectivity index (χ4n) is 1.01. The first kappa shape index (κ1) is 12.6. The van der Waals surface area contributed by atoms with Gasteiger partial charge in [-0.2, -0.15) is 0 Å². The summed E-state index contributed by atoms with van der Waals surface area (Å²) in [5.41, 5.74) is 0. The van der Waals surface area contributed by atoms with Gasteiger partial charge >= 0.3 is 95.0 Å². The number of aliphatic hydroxyl groups is 1. The topological polar surface area (TPSA) is 98.5 Å². The van der Waals surface area contributed by atoms with Crippen LogP contribution in [0.5, 0.6) is 0 Å². The van der Waals surface area contributed by atoms with Crippen LogP contribution in [-0.2, 0) is 10.1 Å². The predicted molar refractivity (Wildman–Crippen MR) is 64.8 cm³/mol. The van der Waals surface area contributed by atoms with E-state index in [1.165, 1.54) is 18.2 Å². The van der Waals surface area contributed by atoms with Gasteiger partial charge in [0, 0.05) is 0 Å². The van der Waals surface area contributed by atoms with E-state index in [4.69, 9.17) is 15.1 Å². The van der Waals surface area contributed by atoms with E-state index in [2.05, 4.69) is 0 Å². The normalized spacial score (nSPS) is 12.3. The summed E-state index contributed by atoms with van der Waals surface area (Å²) in [5.74, 6) is 0. The average molecular weight is 343 g/mol. The quantitative estimate of drug-likeness (QED) is 0.331. The number of halogens is 1. The summed E-state index contributed by atoms with van der Waals surface area (Å²) in [5, 5.41) is 16.1. The van der Waals surface area contributed by atoms with Gasteiger partial charge in [-0.3, -0.25) is 0 Å². The van der Waals surface area contributed by atoms with Crippen LogP contribution in [0, 0.1) is 8.98 Å². The Morgan fingerprint density at radius 1 is 1.40 bits per heavy atom. The molecule has 0 bridgehead atoms. The monoisotopic (exact) mass is 343 g/mol. The average Bonchev–Trinajstić information content (AvgIpc) is 2.19. The second-order valence-corrected chi connectivity index (χ2v) is 8.65. The summed E-state index contributed by atoms with van der Waals surface area (Å²) in [4.78, 5) is -0.201. The number of hydrogen-bond donors (Lipinski definition) is 3. The molecule has 0 aliphatic carbocycles. The van der Waals surface area contributed by atoms with Gasteiger partial charge in [0.15, 0.2) is 0 Å². The molecule has 3 N–H and O–H groups in total. The number of alkyl halides is 1. The van der Waals surface area contributed by atoms with Crippen LogP contribution in [0.4, 0.5) is 0 Å². The third-order valence-corrected chi connectivity index (χ3v) is 6.83. The van der Waals surface area contributed by atoms with Crippen LogP contribution in [0.25, 0.3) is 0 Å². The molecule has 0 saturated heterocycles. The van der Waals surface area contributed by atoms with E-state index in [1.807, 2.05) is 0 Å². The zero-order valence-electron chi connectivity index (χ0n) is 7.59. The van der Waals surface area contributed by atoms with Gasteiger partial charge in [0.1, 0.15) is 0 Å². The van der Waals surface area contributed by atoms with Crippen LogP contribution in [-0.4, -0.2) is 26.9 Å². The molecule has 0 aromatic heterocycles. The van der Waals surface area contributed by atoms with Crippen molar-refractivity contribution >= 4 is 34.2 Å². The van der Waals surface area contributed by atoms with Crippen molar-refractivity contribution in [3.05, 3.63) is 27.8 Å². The van der Waals surface area contributed by atoms with Crippen LogP contribution >= 0.6 is 19.8 Å². The maximum absolute atomic E-state index is 11.0. The number of nitrogens with one attached hydrogen (secondary N) is 1. The fourth-order valence-corrected chi connectivity index (χ4v) is 5.51. The molecule has 0 radical (unpaired) electrons. The van der Waals surface area contributed by atoms with Gasteiger partial charge in [-0.15, -0.1) is 0 Å². The number of benzene rings is 1. The van der Waals surface area contributed by atoms with E-state index in [1.54, 1.807) is 6.07 Å². The Hall–Kier alpha value is -0.510. The Morgan fingerprint density at radius 2 is 2.00 bits per heavy atom. The molecular formula is C8H10INO4S. The molecular weight excluding hydrogens is 333 g/mol. The molecule has 1 aromatic carbocycles. The molecule has 1 rings (SSSR count). The summed E-state index contributed by atoms with van der Waals surface area (Å²) >= 11 is -2.31. The fraction of sp³-hybridized carbons (Fsp3) is 0.125. The molecule has 0 atom stereocenters. The first-order chi connectivity index (χ1) is 7.00. The van der Waals surface area contributed by atoms with E-state index in [0.717, 1.165) is 4.22 Å². The zero-order chi connectivity index (χ0) is 11.5. The number of rotatable bonds is 4. The van der Waals surface area contributed by atoms with Crippen molar-refractivity contribution in [2.24, 2.45) is 0 Å². The van der Waals surface area contributed by atoms with Gasteiger partial charge in [0.05, 0.1) is 0 Å². The third-order valence-electron chi connectivity index (χ3n) is 1.64. The van der Waals surface area contributed by atoms with Crippen LogP contribution in [0.2, 0.25) is 0 Å². The van der Waals surface area contributed by atoms with Crippen molar-refractivity contribution in [3.63, 3.8) is 0 Å². The molecule has 5 nitrogen and oxygen atoms in total. The van der Waals surface area contributed by atoms with Crippen molar-refractivity contribution < 1.29 is 18.1 Å². The predicted octanol–water partition coefficient (Wildman–Crippen LogP) is 1.17. The molecule has 0 spiro atoms. The first-order valence-electron chi connectivity index (χ1n) is 3.83. The van der Waals surface area contributed by atoms with Crippen LogP contribution in [0.3, 0.4) is 0 Å². The first-order valence-corrected chi connectivity index (χ1v) is 9.12. The molecule has 0 heterocycles. The van der Waals surface area contributed by atoms with Gasteiger partial charge < -0.3 is 0 Å². The minimum absolute atomic E-state index is 0.201. The van der Waals surface area contributed by atoms with Crippen molar-refractivity contribution in [1.29, 1.82) is 5.41 Å². The Balaban J connectivity index is 3.35. The van der Waals surface area contributed by atoms with Gasteiger partial charge in [-0.1, -0.05) is 0 Å². The van der Waals surface area contributed by atoms with Crippen LogP contribution < -0.4 is 0 Å². The molecule has 1 aromatic rings. The van der Waals surface area contributed by atoms with E-state index in [0.29, 0.717) is 3.57 Å². The minimum atomic E-state index is -4.27. The molecule has 0 aliphatic rings. The van der Waals surface area contributed by atoms with E-state index < -0.39 is 29.9 Å². The summed E-state index contributed by atoms with van der Waals surface area (Å²) in [6.45, 7) is 0. The zero-order valence-corrected chi connectivity index (χ0v) is 10.6. The molecule has 15 heavy (non-hydrogen) atoms. The van der Waals surface area contributed by atoms with E-state index in [-0.39, 0.29) is 9.51 Å². The summed E-state index contributed by atoms with van der Waals surface area (Å²) < 4.78 is 32.2. The second kappa shape index (κ2) is 5.01. The molecule has 84 valence electrons. The molecule has 0 saturated carbocycles. The summed E-state index contributed by atoms with van der Waals surface area (Å²) in [6, 6.07) is 5.90. The standard InChI is InChI=1S/C8H10INO4S/c10-5-9(6-11)7-3-1-2-4-8(7)15(12,13)14/h1-5,10-11H,6H2,(H,12,13,14).